The zero-order chi connectivity index (χ0) is 14.3. The van der Waals surface area contributed by atoms with Crippen molar-refractivity contribution in [1.29, 1.82) is 0 Å². The van der Waals surface area contributed by atoms with E-state index in [2.05, 4.69) is 42.3 Å². The Bertz CT molecular complexity index is 710. The summed E-state index contributed by atoms with van der Waals surface area (Å²) in [7, 11) is 0. The Morgan fingerprint density at radius 1 is 1.20 bits per heavy atom. The van der Waals surface area contributed by atoms with E-state index in [1.807, 2.05) is 18.2 Å². The molecule has 0 atom stereocenters. The molecule has 3 rings (SSSR count). The molecule has 0 saturated heterocycles. The molecule has 2 aromatic carbocycles. The first kappa shape index (κ1) is 13.6. The van der Waals surface area contributed by atoms with Gasteiger partial charge in [0.25, 0.3) is 0 Å². The molecule has 20 heavy (non-hydrogen) atoms. The van der Waals surface area contributed by atoms with Gasteiger partial charge in [0, 0.05) is 21.4 Å². The molecule has 0 aromatic heterocycles. The van der Waals surface area contributed by atoms with Crippen LogP contribution in [0.3, 0.4) is 0 Å². The number of benzene rings is 2. The van der Waals surface area contributed by atoms with Crippen molar-refractivity contribution in [3.63, 3.8) is 0 Å². The lowest BCUT2D eigenvalue weighted by atomic mass is 9.81. The lowest BCUT2D eigenvalue weighted by molar-refractivity contribution is -0.432. The van der Waals surface area contributed by atoms with E-state index in [0.717, 1.165) is 44.7 Å². The van der Waals surface area contributed by atoms with Gasteiger partial charge < -0.3 is 0 Å². The van der Waals surface area contributed by atoms with Crippen LogP contribution in [0.15, 0.2) is 40.2 Å². The van der Waals surface area contributed by atoms with Crippen LogP contribution < -0.4 is 0 Å². The van der Waals surface area contributed by atoms with Crippen LogP contribution in [-0.2, 0) is 14.8 Å². The molecular formula is C15H15NO3S. The number of hydrogen-bond acceptors (Lipinski definition) is 5. The van der Waals surface area contributed by atoms with Crippen molar-refractivity contribution in [2.24, 2.45) is 4.99 Å². The molecule has 5 heteroatoms. The number of aliphatic imine (C=N–C) groups is 1. The molecule has 1 aliphatic heterocycles. The standard InChI is InChI=1S/C15H15NO3S/c1-9-15(2,3)12-8-13(20-19-18-17)10-6-4-5-7-11(10)14(12)16-9/h4-8,17H,1-3H3. The van der Waals surface area contributed by atoms with Crippen LogP contribution in [0.1, 0.15) is 26.3 Å². The van der Waals surface area contributed by atoms with Crippen molar-refractivity contribution in [3.8, 4) is 0 Å². The zero-order valence-electron chi connectivity index (χ0n) is 11.5. The predicted octanol–water partition coefficient (Wildman–Crippen LogP) is 4.65. The third kappa shape index (κ3) is 1.94. The second-order valence-corrected chi connectivity index (χ2v) is 6.11. The second-order valence-electron chi connectivity index (χ2n) is 5.36. The van der Waals surface area contributed by atoms with Crippen molar-refractivity contribution < 1.29 is 14.6 Å². The molecule has 0 radical (unpaired) electrons. The zero-order valence-corrected chi connectivity index (χ0v) is 12.3. The number of nitrogens with zero attached hydrogens (tertiary/aromatic N) is 1. The SMILES string of the molecule is CC1=Nc2c(cc(SOOO)c3ccccc23)C1(C)C. The summed E-state index contributed by atoms with van der Waals surface area (Å²) in [5.74, 6) is 0. The molecular weight excluding hydrogens is 274 g/mol. The minimum Gasteiger partial charge on any atom is -0.256 e. The Labute approximate surface area is 121 Å². The summed E-state index contributed by atoms with van der Waals surface area (Å²) >= 11 is 0.995. The molecule has 1 N–H and O–H groups in total. The monoisotopic (exact) mass is 289 g/mol. The van der Waals surface area contributed by atoms with Crippen molar-refractivity contribution in [3.05, 3.63) is 35.9 Å². The van der Waals surface area contributed by atoms with E-state index in [4.69, 9.17) is 10.2 Å². The molecule has 2 aromatic rings. The van der Waals surface area contributed by atoms with Gasteiger partial charge in [-0.05, 0) is 23.9 Å². The normalized spacial score (nSPS) is 16.3. The smallest absolute Gasteiger partial charge is 0.0749 e. The summed E-state index contributed by atoms with van der Waals surface area (Å²) in [5.41, 5.74) is 3.18. The fraction of sp³-hybridized carbons (Fsp3) is 0.267. The quantitative estimate of drug-likeness (QED) is 0.507. The Morgan fingerprint density at radius 3 is 2.60 bits per heavy atom. The van der Waals surface area contributed by atoms with Crippen LogP contribution >= 0.6 is 12.0 Å². The summed E-state index contributed by atoms with van der Waals surface area (Å²) in [6.07, 6.45) is 0. The summed E-state index contributed by atoms with van der Waals surface area (Å²) in [5, 5.41) is 14.2. The van der Waals surface area contributed by atoms with Crippen LogP contribution in [0.4, 0.5) is 5.69 Å². The maximum absolute atomic E-state index is 8.37. The van der Waals surface area contributed by atoms with Crippen LogP contribution in [-0.4, -0.2) is 11.0 Å². The molecule has 0 unspecified atom stereocenters. The van der Waals surface area contributed by atoms with E-state index in [1.165, 1.54) is 0 Å². The van der Waals surface area contributed by atoms with Gasteiger partial charge in [-0.15, -0.1) is 4.33 Å². The molecule has 4 nitrogen and oxygen atoms in total. The van der Waals surface area contributed by atoms with Crippen molar-refractivity contribution >= 4 is 34.2 Å². The van der Waals surface area contributed by atoms with Crippen LogP contribution in [0.5, 0.6) is 0 Å². The molecule has 0 spiro atoms. The molecule has 0 saturated carbocycles. The fourth-order valence-electron chi connectivity index (χ4n) is 2.55. The summed E-state index contributed by atoms with van der Waals surface area (Å²) in [6, 6.07) is 10.1. The molecule has 1 aliphatic rings. The van der Waals surface area contributed by atoms with Gasteiger partial charge in [-0.1, -0.05) is 43.2 Å². The first-order valence-corrected chi connectivity index (χ1v) is 7.06. The number of hydrogen-bond donors (Lipinski definition) is 1. The molecule has 0 aliphatic carbocycles. The largest absolute Gasteiger partial charge is 0.256 e. The summed E-state index contributed by atoms with van der Waals surface area (Å²) in [4.78, 5) is 5.64. The fourth-order valence-corrected chi connectivity index (χ4v) is 3.08. The molecule has 0 amide bonds. The Morgan fingerprint density at radius 2 is 1.90 bits per heavy atom. The average Bonchev–Trinajstić information content (AvgIpc) is 2.67. The van der Waals surface area contributed by atoms with Gasteiger partial charge >= 0.3 is 0 Å². The van der Waals surface area contributed by atoms with Gasteiger partial charge in [0.2, 0.25) is 0 Å². The maximum atomic E-state index is 8.37. The third-order valence-electron chi connectivity index (χ3n) is 3.99. The molecule has 0 fully saturated rings. The highest BCUT2D eigenvalue weighted by Crippen LogP contribution is 2.47. The van der Waals surface area contributed by atoms with Crippen molar-refractivity contribution in [2.75, 3.05) is 0 Å². The van der Waals surface area contributed by atoms with Crippen molar-refractivity contribution in [2.45, 2.75) is 31.1 Å². The van der Waals surface area contributed by atoms with Gasteiger partial charge in [0.15, 0.2) is 0 Å². The predicted molar refractivity (Wildman–Crippen MR) is 80.4 cm³/mol. The minimum absolute atomic E-state index is 0.102. The number of rotatable bonds is 3. The molecule has 104 valence electrons. The van der Waals surface area contributed by atoms with E-state index >= 15 is 0 Å². The molecule has 0 bridgehead atoms. The van der Waals surface area contributed by atoms with Gasteiger partial charge in [0.1, 0.15) is 0 Å². The van der Waals surface area contributed by atoms with E-state index < -0.39 is 0 Å². The van der Waals surface area contributed by atoms with Crippen LogP contribution in [0.2, 0.25) is 0 Å². The lowest BCUT2D eigenvalue weighted by Crippen LogP contribution is -2.22. The first-order chi connectivity index (χ1) is 9.55. The highest BCUT2D eigenvalue weighted by Gasteiger charge is 2.34. The Balaban J connectivity index is 2.28. The first-order valence-electron chi connectivity index (χ1n) is 6.32. The third-order valence-corrected chi connectivity index (χ3v) is 4.64. The maximum Gasteiger partial charge on any atom is 0.0749 e. The highest BCUT2D eigenvalue weighted by molar-refractivity contribution is 7.94. The lowest BCUT2D eigenvalue weighted by Gasteiger charge is -2.21. The van der Waals surface area contributed by atoms with E-state index in [-0.39, 0.29) is 5.41 Å². The number of fused-ring (bicyclic) bond motifs is 3. The summed E-state index contributed by atoms with van der Waals surface area (Å²) < 4.78 is 4.62. The Hall–Kier alpha value is -1.40. The topological polar surface area (TPSA) is 51.0 Å². The van der Waals surface area contributed by atoms with Crippen LogP contribution in [0.25, 0.3) is 10.8 Å². The van der Waals surface area contributed by atoms with E-state index in [9.17, 15) is 0 Å². The highest BCUT2D eigenvalue weighted by atomic mass is 32.2. The van der Waals surface area contributed by atoms with E-state index in [1.54, 1.807) is 0 Å². The van der Waals surface area contributed by atoms with Crippen LogP contribution in [0, 0.1) is 0 Å². The summed E-state index contributed by atoms with van der Waals surface area (Å²) in [6.45, 7) is 6.36. The average molecular weight is 289 g/mol. The van der Waals surface area contributed by atoms with Crippen molar-refractivity contribution in [1.82, 2.24) is 0 Å². The van der Waals surface area contributed by atoms with Gasteiger partial charge in [-0.2, -0.15) is 0 Å². The van der Waals surface area contributed by atoms with Gasteiger partial charge in [-0.3, -0.25) is 4.99 Å². The van der Waals surface area contributed by atoms with E-state index in [0.29, 0.717) is 0 Å². The van der Waals surface area contributed by atoms with Gasteiger partial charge in [-0.25, -0.2) is 5.26 Å². The van der Waals surface area contributed by atoms with Gasteiger partial charge in [0.05, 0.1) is 17.7 Å². The molecule has 1 heterocycles. The minimum atomic E-state index is -0.102. The Kier molecular flexibility index (Phi) is 3.30. The second kappa shape index (κ2) is 4.86.